The van der Waals surface area contributed by atoms with Crippen LogP contribution in [0.3, 0.4) is 0 Å². The predicted octanol–water partition coefficient (Wildman–Crippen LogP) is 2.42. The summed E-state index contributed by atoms with van der Waals surface area (Å²) in [5, 5.41) is 0.625. The zero-order valence-corrected chi connectivity index (χ0v) is 9.29. The van der Waals surface area contributed by atoms with Crippen molar-refractivity contribution in [1.29, 1.82) is 0 Å². The number of aromatic nitrogens is 3. The first-order valence-electron chi connectivity index (χ1n) is 5.12. The zero-order valence-electron chi connectivity index (χ0n) is 8.53. The summed E-state index contributed by atoms with van der Waals surface area (Å²) in [6, 6.07) is 1.74. The summed E-state index contributed by atoms with van der Waals surface area (Å²) in [4.78, 5) is 11.8. The number of imidazole rings is 1. The van der Waals surface area contributed by atoms with Gasteiger partial charge in [0.2, 0.25) is 0 Å². The maximum Gasteiger partial charge on any atom is 0.159 e. The second-order valence-electron chi connectivity index (χ2n) is 3.63. The Hall–Kier alpha value is -1.39. The zero-order chi connectivity index (χ0) is 11.0. The molecule has 0 saturated carbocycles. The summed E-state index contributed by atoms with van der Waals surface area (Å²) in [7, 11) is 0. The van der Waals surface area contributed by atoms with Crippen LogP contribution in [0.2, 0.25) is 5.02 Å². The summed E-state index contributed by atoms with van der Waals surface area (Å²) < 4.78 is 5.26. The Morgan fingerprint density at radius 3 is 3.12 bits per heavy atom. The molecule has 0 atom stereocenters. The summed E-state index contributed by atoms with van der Waals surface area (Å²) >= 11 is 6.04. The molecule has 5 heteroatoms. The first-order valence-corrected chi connectivity index (χ1v) is 5.50. The highest BCUT2D eigenvalue weighted by Gasteiger charge is 2.12. The van der Waals surface area contributed by atoms with Gasteiger partial charge in [0.1, 0.15) is 11.3 Å². The van der Waals surface area contributed by atoms with E-state index in [1.54, 1.807) is 12.3 Å². The van der Waals surface area contributed by atoms with E-state index in [2.05, 4.69) is 15.0 Å². The van der Waals surface area contributed by atoms with E-state index in [0.29, 0.717) is 11.6 Å². The highest BCUT2D eigenvalue weighted by atomic mass is 35.5. The fraction of sp³-hybridized carbons (Fsp3) is 0.273. The number of halogens is 1. The van der Waals surface area contributed by atoms with Gasteiger partial charge in [-0.1, -0.05) is 17.7 Å². The van der Waals surface area contributed by atoms with Crippen LogP contribution in [-0.4, -0.2) is 28.2 Å². The van der Waals surface area contributed by atoms with Gasteiger partial charge in [0.05, 0.1) is 18.2 Å². The first-order chi connectivity index (χ1) is 7.84. The molecule has 1 N–H and O–H groups in total. The summed E-state index contributed by atoms with van der Waals surface area (Å²) in [5.74, 6) is 0.846. The molecule has 0 radical (unpaired) electrons. The number of ether oxygens (including phenoxy) is 1. The number of hydrogen-bond donors (Lipinski definition) is 1. The van der Waals surface area contributed by atoms with Crippen LogP contribution in [0.5, 0.6) is 0 Å². The van der Waals surface area contributed by atoms with Crippen molar-refractivity contribution in [2.24, 2.45) is 0 Å². The van der Waals surface area contributed by atoms with Gasteiger partial charge in [-0.25, -0.2) is 9.97 Å². The van der Waals surface area contributed by atoms with E-state index in [1.165, 1.54) is 5.57 Å². The lowest BCUT2D eigenvalue weighted by atomic mass is 10.1. The number of rotatable bonds is 1. The Morgan fingerprint density at radius 1 is 1.44 bits per heavy atom. The van der Waals surface area contributed by atoms with Crippen molar-refractivity contribution in [3.05, 3.63) is 29.2 Å². The maximum absolute atomic E-state index is 6.04. The van der Waals surface area contributed by atoms with Gasteiger partial charge in [-0.15, -0.1) is 0 Å². The molecule has 0 spiro atoms. The number of fused-ring (bicyclic) bond motifs is 1. The smallest absolute Gasteiger partial charge is 0.159 e. The molecule has 0 fully saturated rings. The van der Waals surface area contributed by atoms with E-state index in [9.17, 15) is 0 Å². The van der Waals surface area contributed by atoms with Crippen molar-refractivity contribution in [2.75, 3.05) is 13.2 Å². The van der Waals surface area contributed by atoms with Gasteiger partial charge in [-0.3, -0.25) is 0 Å². The minimum absolute atomic E-state index is 0.625. The van der Waals surface area contributed by atoms with E-state index in [1.807, 2.05) is 6.08 Å². The average Bonchev–Trinajstić information content (AvgIpc) is 2.76. The maximum atomic E-state index is 6.04. The van der Waals surface area contributed by atoms with Crippen LogP contribution < -0.4 is 0 Å². The molecule has 2 aromatic rings. The second-order valence-corrected chi connectivity index (χ2v) is 4.04. The topological polar surface area (TPSA) is 50.8 Å². The molecular formula is C11H10ClN3O. The van der Waals surface area contributed by atoms with E-state index in [-0.39, 0.29) is 0 Å². The molecule has 3 rings (SSSR count). The molecule has 2 aromatic heterocycles. The van der Waals surface area contributed by atoms with E-state index in [0.717, 1.165) is 30.0 Å². The molecule has 0 saturated heterocycles. The van der Waals surface area contributed by atoms with E-state index < -0.39 is 0 Å². The molecule has 0 amide bonds. The monoisotopic (exact) mass is 235 g/mol. The van der Waals surface area contributed by atoms with Gasteiger partial charge >= 0.3 is 0 Å². The summed E-state index contributed by atoms with van der Waals surface area (Å²) in [5.41, 5.74) is 2.63. The predicted molar refractivity (Wildman–Crippen MR) is 62.3 cm³/mol. The van der Waals surface area contributed by atoms with Crippen molar-refractivity contribution in [1.82, 2.24) is 15.0 Å². The molecule has 1 aliphatic rings. The SMILES string of the molecule is Clc1ccnc2[nH]c(C3=CCOCC3)nc12. The third-order valence-corrected chi connectivity index (χ3v) is 2.91. The van der Waals surface area contributed by atoms with Gasteiger partial charge in [-0.2, -0.15) is 0 Å². The van der Waals surface area contributed by atoms with E-state index in [4.69, 9.17) is 16.3 Å². The van der Waals surface area contributed by atoms with Crippen LogP contribution in [0.4, 0.5) is 0 Å². The molecular weight excluding hydrogens is 226 g/mol. The normalized spacial score (nSPS) is 16.4. The Morgan fingerprint density at radius 2 is 2.38 bits per heavy atom. The van der Waals surface area contributed by atoms with Crippen LogP contribution in [0.15, 0.2) is 18.3 Å². The number of pyridine rings is 1. The molecule has 1 aliphatic heterocycles. The van der Waals surface area contributed by atoms with Crippen LogP contribution in [0.1, 0.15) is 12.2 Å². The van der Waals surface area contributed by atoms with Gasteiger partial charge in [0.15, 0.2) is 5.65 Å². The van der Waals surface area contributed by atoms with Crippen molar-refractivity contribution in [3.8, 4) is 0 Å². The second kappa shape index (κ2) is 3.88. The van der Waals surface area contributed by atoms with Gasteiger partial charge in [0.25, 0.3) is 0 Å². The fourth-order valence-corrected chi connectivity index (χ4v) is 1.96. The Kier molecular flexibility index (Phi) is 2.38. The standard InChI is InChI=1S/C11H10ClN3O/c12-8-1-4-13-11-9(8)14-10(15-11)7-2-5-16-6-3-7/h1-2,4H,3,5-6H2,(H,13,14,15). The summed E-state index contributed by atoms with van der Waals surface area (Å²) in [6.45, 7) is 1.39. The Bertz CT molecular complexity index is 561. The van der Waals surface area contributed by atoms with Crippen molar-refractivity contribution >= 4 is 28.3 Å². The lowest BCUT2D eigenvalue weighted by Crippen LogP contribution is -2.04. The Balaban J connectivity index is 2.11. The number of nitrogens with zero attached hydrogens (tertiary/aromatic N) is 2. The van der Waals surface area contributed by atoms with Crippen LogP contribution >= 0.6 is 11.6 Å². The molecule has 82 valence electrons. The van der Waals surface area contributed by atoms with Crippen LogP contribution in [0, 0.1) is 0 Å². The lowest BCUT2D eigenvalue weighted by Gasteiger charge is -2.10. The summed E-state index contributed by atoms with van der Waals surface area (Å²) in [6.07, 6.45) is 4.58. The fourth-order valence-electron chi connectivity index (χ4n) is 1.77. The molecule has 3 heterocycles. The number of H-pyrrole nitrogens is 1. The number of hydrogen-bond acceptors (Lipinski definition) is 3. The third-order valence-electron chi connectivity index (χ3n) is 2.60. The molecule has 0 bridgehead atoms. The Labute approximate surface area is 97.3 Å². The number of nitrogens with one attached hydrogen (secondary N) is 1. The molecule has 16 heavy (non-hydrogen) atoms. The van der Waals surface area contributed by atoms with Gasteiger partial charge in [-0.05, 0) is 18.1 Å². The quantitative estimate of drug-likeness (QED) is 0.826. The van der Waals surface area contributed by atoms with Crippen LogP contribution in [0.25, 0.3) is 16.7 Å². The van der Waals surface area contributed by atoms with Crippen molar-refractivity contribution < 1.29 is 4.74 Å². The molecule has 0 aromatic carbocycles. The molecule has 0 unspecified atom stereocenters. The van der Waals surface area contributed by atoms with Gasteiger partial charge < -0.3 is 9.72 Å². The highest BCUT2D eigenvalue weighted by Crippen LogP contribution is 2.24. The molecule has 4 nitrogen and oxygen atoms in total. The third kappa shape index (κ3) is 1.60. The minimum Gasteiger partial charge on any atom is -0.377 e. The largest absolute Gasteiger partial charge is 0.377 e. The van der Waals surface area contributed by atoms with Gasteiger partial charge in [0, 0.05) is 6.20 Å². The average molecular weight is 236 g/mol. The molecule has 0 aliphatic carbocycles. The minimum atomic E-state index is 0.625. The van der Waals surface area contributed by atoms with Crippen molar-refractivity contribution in [2.45, 2.75) is 6.42 Å². The van der Waals surface area contributed by atoms with E-state index >= 15 is 0 Å². The van der Waals surface area contributed by atoms with Crippen molar-refractivity contribution in [3.63, 3.8) is 0 Å². The number of aromatic amines is 1. The first kappa shape index (κ1) is 9.81. The van der Waals surface area contributed by atoms with Crippen LogP contribution in [-0.2, 0) is 4.74 Å². The lowest BCUT2D eigenvalue weighted by molar-refractivity contribution is 0.161. The highest BCUT2D eigenvalue weighted by molar-refractivity contribution is 6.34.